The Kier molecular flexibility index (Phi) is 4.13. The van der Waals surface area contributed by atoms with Crippen LogP contribution in [0.4, 0.5) is 15.8 Å². The van der Waals surface area contributed by atoms with E-state index in [1.54, 1.807) is 6.07 Å². The molecular weight excluding hydrogens is 263 g/mol. The minimum atomic E-state index is -0.414. The number of nitrogen functional groups attached to an aromatic ring is 1. The summed E-state index contributed by atoms with van der Waals surface area (Å²) in [4.78, 5) is 0. The van der Waals surface area contributed by atoms with Crippen molar-refractivity contribution in [1.29, 1.82) is 0 Å². The summed E-state index contributed by atoms with van der Waals surface area (Å²) in [5.41, 5.74) is 7.02. The molecule has 0 bridgehead atoms. The maximum Gasteiger partial charge on any atom is 0.167 e. The van der Waals surface area contributed by atoms with E-state index in [0.29, 0.717) is 10.4 Å². The number of hydrogen-bond donors (Lipinski definition) is 2. The quantitative estimate of drug-likeness (QED) is 0.785. The molecule has 0 aliphatic heterocycles. The lowest BCUT2D eigenvalue weighted by atomic mass is 10.2. The van der Waals surface area contributed by atoms with Crippen molar-refractivity contribution in [3.05, 3.63) is 17.9 Å². The number of halogens is 1. The monoisotopic (exact) mass is 284 g/mol. The highest BCUT2D eigenvalue weighted by atomic mass is 32.2. The average Bonchev–Trinajstić information content (AvgIpc) is 3.11. The van der Waals surface area contributed by atoms with Gasteiger partial charge in [-0.2, -0.15) is 11.8 Å². The Bertz CT molecular complexity index is 461. The summed E-state index contributed by atoms with van der Waals surface area (Å²) in [5.74, 6) is -0.163. The number of thioether (sulfide) groups is 1. The lowest BCUT2D eigenvalue weighted by molar-refractivity contribution is 0.231. The maximum atomic E-state index is 13.7. The van der Waals surface area contributed by atoms with Crippen LogP contribution < -0.4 is 15.8 Å². The standard InChI is InChI=1S/C14H21FN2OS/c1-9(2)18-13-7-12(11(16)6-10(13)15)17-8-14(19-3)4-5-14/h6-7,9,17H,4-5,8,16H2,1-3H3. The van der Waals surface area contributed by atoms with Crippen molar-refractivity contribution < 1.29 is 9.13 Å². The normalized spacial score (nSPS) is 16.5. The second-order valence-electron chi connectivity index (χ2n) is 5.28. The lowest BCUT2D eigenvalue weighted by Gasteiger charge is -2.18. The SMILES string of the molecule is CSC1(CNc2cc(OC(C)C)c(F)cc2N)CC1. The summed E-state index contributed by atoms with van der Waals surface area (Å²) in [7, 11) is 0. The van der Waals surface area contributed by atoms with Crippen LogP contribution in [-0.4, -0.2) is 23.7 Å². The van der Waals surface area contributed by atoms with Crippen molar-refractivity contribution in [2.45, 2.75) is 37.5 Å². The number of anilines is 2. The van der Waals surface area contributed by atoms with Gasteiger partial charge < -0.3 is 15.8 Å². The molecule has 1 aliphatic carbocycles. The first kappa shape index (κ1) is 14.3. The molecule has 0 heterocycles. The van der Waals surface area contributed by atoms with Gasteiger partial charge in [-0.05, 0) is 32.9 Å². The van der Waals surface area contributed by atoms with Crippen LogP contribution in [0.15, 0.2) is 12.1 Å². The number of ether oxygens (including phenoxy) is 1. The van der Waals surface area contributed by atoms with Crippen LogP contribution in [0.1, 0.15) is 26.7 Å². The molecule has 19 heavy (non-hydrogen) atoms. The Balaban J connectivity index is 2.10. The van der Waals surface area contributed by atoms with E-state index >= 15 is 0 Å². The molecule has 0 atom stereocenters. The van der Waals surface area contributed by atoms with Crippen molar-refractivity contribution in [2.24, 2.45) is 0 Å². The van der Waals surface area contributed by atoms with Gasteiger partial charge in [0.1, 0.15) is 0 Å². The highest BCUT2D eigenvalue weighted by molar-refractivity contribution is 8.00. The zero-order valence-electron chi connectivity index (χ0n) is 11.6. The lowest BCUT2D eigenvalue weighted by Crippen LogP contribution is -2.18. The topological polar surface area (TPSA) is 47.3 Å². The molecule has 3 N–H and O–H groups in total. The van der Waals surface area contributed by atoms with Gasteiger partial charge in [-0.3, -0.25) is 0 Å². The van der Waals surface area contributed by atoms with E-state index in [4.69, 9.17) is 10.5 Å². The molecular formula is C14H21FN2OS. The highest BCUT2D eigenvalue weighted by Gasteiger charge is 2.41. The van der Waals surface area contributed by atoms with Crippen LogP contribution in [-0.2, 0) is 0 Å². The molecule has 0 aromatic heterocycles. The third-order valence-corrected chi connectivity index (χ3v) is 4.73. The van der Waals surface area contributed by atoms with Gasteiger partial charge in [-0.1, -0.05) is 0 Å². The summed E-state index contributed by atoms with van der Waals surface area (Å²) in [5, 5.41) is 3.31. The second kappa shape index (κ2) is 5.49. The second-order valence-corrected chi connectivity index (χ2v) is 6.55. The molecule has 2 rings (SSSR count). The van der Waals surface area contributed by atoms with Crippen molar-refractivity contribution in [3.8, 4) is 5.75 Å². The fourth-order valence-corrected chi connectivity index (χ4v) is 2.64. The molecule has 106 valence electrons. The zero-order chi connectivity index (χ0) is 14.0. The Hall–Kier alpha value is -1.10. The van der Waals surface area contributed by atoms with Gasteiger partial charge in [0, 0.05) is 23.4 Å². The van der Waals surface area contributed by atoms with Crippen LogP contribution in [0.5, 0.6) is 5.75 Å². The third kappa shape index (κ3) is 3.47. The number of hydrogen-bond acceptors (Lipinski definition) is 4. The molecule has 0 spiro atoms. The third-order valence-electron chi connectivity index (χ3n) is 3.31. The Labute approximate surface area is 118 Å². The molecule has 0 amide bonds. The molecule has 1 aromatic carbocycles. The van der Waals surface area contributed by atoms with E-state index in [2.05, 4.69) is 11.6 Å². The van der Waals surface area contributed by atoms with Crippen LogP contribution in [0.25, 0.3) is 0 Å². The summed E-state index contributed by atoms with van der Waals surface area (Å²) in [6.45, 7) is 4.59. The fraction of sp³-hybridized carbons (Fsp3) is 0.571. The van der Waals surface area contributed by atoms with Gasteiger partial charge in [-0.25, -0.2) is 4.39 Å². The predicted molar refractivity (Wildman–Crippen MR) is 80.5 cm³/mol. The smallest absolute Gasteiger partial charge is 0.167 e. The van der Waals surface area contributed by atoms with Gasteiger partial charge in [0.05, 0.1) is 17.5 Å². The van der Waals surface area contributed by atoms with E-state index in [9.17, 15) is 4.39 Å². The number of nitrogens with one attached hydrogen (secondary N) is 1. The predicted octanol–water partition coefficient (Wildman–Crippen LogP) is 3.50. The Morgan fingerprint density at radius 1 is 1.47 bits per heavy atom. The molecule has 1 aliphatic rings. The first-order valence-corrected chi connectivity index (χ1v) is 7.73. The molecule has 1 saturated carbocycles. The van der Waals surface area contributed by atoms with Gasteiger partial charge in [0.25, 0.3) is 0 Å². The van der Waals surface area contributed by atoms with Crippen molar-refractivity contribution in [3.63, 3.8) is 0 Å². The molecule has 5 heteroatoms. The van der Waals surface area contributed by atoms with Gasteiger partial charge in [0.15, 0.2) is 11.6 Å². The van der Waals surface area contributed by atoms with E-state index < -0.39 is 5.82 Å². The van der Waals surface area contributed by atoms with Gasteiger partial charge in [0.2, 0.25) is 0 Å². The summed E-state index contributed by atoms with van der Waals surface area (Å²) >= 11 is 1.87. The van der Waals surface area contributed by atoms with E-state index in [0.717, 1.165) is 12.2 Å². The van der Waals surface area contributed by atoms with Crippen molar-refractivity contribution in [2.75, 3.05) is 23.9 Å². The molecule has 0 saturated heterocycles. The first-order valence-electron chi connectivity index (χ1n) is 6.50. The molecule has 0 radical (unpaired) electrons. The van der Waals surface area contributed by atoms with Crippen molar-refractivity contribution >= 4 is 23.1 Å². The van der Waals surface area contributed by atoms with Crippen LogP contribution in [0.3, 0.4) is 0 Å². The Morgan fingerprint density at radius 3 is 2.68 bits per heavy atom. The molecule has 1 fully saturated rings. The van der Waals surface area contributed by atoms with Gasteiger partial charge >= 0.3 is 0 Å². The average molecular weight is 284 g/mol. The fourth-order valence-electron chi connectivity index (χ4n) is 1.91. The molecule has 3 nitrogen and oxygen atoms in total. The summed E-state index contributed by atoms with van der Waals surface area (Å²) < 4.78 is 19.5. The van der Waals surface area contributed by atoms with Crippen LogP contribution in [0, 0.1) is 5.82 Å². The summed E-state index contributed by atoms with van der Waals surface area (Å²) in [6, 6.07) is 2.97. The minimum absolute atomic E-state index is 0.0630. The van der Waals surface area contributed by atoms with E-state index in [1.165, 1.54) is 18.9 Å². The zero-order valence-corrected chi connectivity index (χ0v) is 12.4. The molecule has 0 unspecified atom stereocenters. The summed E-state index contributed by atoms with van der Waals surface area (Å²) in [6.07, 6.45) is 4.50. The molecule has 1 aromatic rings. The number of benzene rings is 1. The maximum absolute atomic E-state index is 13.7. The Morgan fingerprint density at radius 2 is 2.16 bits per heavy atom. The largest absolute Gasteiger partial charge is 0.488 e. The number of rotatable bonds is 6. The van der Waals surface area contributed by atoms with Crippen LogP contribution >= 0.6 is 11.8 Å². The first-order chi connectivity index (χ1) is 8.96. The van der Waals surface area contributed by atoms with Crippen molar-refractivity contribution in [1.82, 2.24) is 0 Å². The van der Waals surface area contributed by atoms with E-state index in [1.807, 2.05) is 25.6 Å². The van der Waals surface area contributed by atoms with Crippen LogP contribution in [0.2, 0.25) is 0 Å². The van der Waals surface area contributed by atoms with Gasteiger partial charge in [-0.15, -0.1) is 0 Å². The van der Waals surface area contributed by atoms with E-state index in [-0.39, 0.29) is 11.9 Å². The highest BCUT2D eigenvalue weighted by Crippen LogP contribution is 2.47. The minimum Gasteiger partial charge on any atom is -0.488 e. The number of nitrogens with two attached hydrogens (primary N) is 1.